The molecule has 7 heteroatoms. The Hall–Kier alpha value is -3.97. The molecule has 1 aliphatic rings. The molecule has 0 saturated carbocycles. The van der Waals surface area contributed by atoms with Crippen molar-refractivity contribution in [3.8, 4) is 0 Å². The topological polar surface area (TPSA) is 86.7 Å². The second-order valence-corrected chi connectivity index (χ2v) is 9.43. The summed E-state index contributed by atoms with van der Waals surface area (Å²) in [6.07, 6.45) is 0.428. The highest BCUT2D eigenvalue weighted by molar-refractivity contribution is 7.17. The number of carbonyl (C=O) groups excluding carboxylic acids is 2. The number of rotatable bonds is 4. The zero-order chi connectivity index (χ0) is 23.8. The number of hydrogen-bond donors (Lipinski definition) is 2. The van der Waals surface area contributed by atoms with Crippen LogP contribution in [0.3, 0.4) is 0 Å². The van der Waals surface area contributed by atoms with Gasteiger partial charge in [-0.3, -0.25) is 9.59 Å². The van der Waals surface area contributed by atoms with Crippen LogP contribution in [0.15, 0.2) is 66.7 Å². The molecule has 34 heavy (non-hydrogen) atoms. The van der Waals surface area contributed by atoms with E-state index >= 15 is 0 Å². The fraction of sp³-hybridized carbons (Fsp3) is 0.148. The summed E-state index contributed by atoms with van der Waals surface area (Å²) in [5.74, 6) is -1.51. The molecule has 0 bridgehead atoms. The molecule has 0 spiro atoms. The first kappa shape index (κ1) is 21.9. The van der Waals surface area contributed by atoms with E-state index in [9.17, 15) is 19.5 Å². The molecule has 0 unspecified atom stereocenters. The van der Waals surface area contributed by atoms with Crippen molar-refractivity contribution in [2.45, 2.75) is 19.9 Å². The maximum atomic E-state index is 13.1. The Balaban J connectivity index is 1.42. The van der Waals surface area contributed by atoms with E-state index in [1.807, 2.05) is 55.5 Å². The molecule has 1 aliphatic heterocycles. The molecule has 0 aliphatic carbocycles. The average Bonchev–Trinajstić information content (AvgIpc) is 3.20. The van der Waals surface area contributed by atoms with Gasteiger partial charge in [-0.25, -0.2) is 4.79 Å². The summed E-state index contributed by atoms with van der Waals surface area (Å²) >= 11 is 1.23. The summed E-state index contributed by atoms with van der Waals surface area (Å²) in [7, 11) is 0. The molecule has 0 atom stereocenters. The van der Waals surface area contributed by atoms with Gasteiger partial charge in [-0.15, -0.1) is 11.3 Å². The minimum atomic E-state index is -1.08. The largest absolute Gasteiger partial charge is 0.478 e. The number of carboxylic acid groups (broad SMARTS) is 1. The standard InChI is InChI=1S/C27H22N2O4S/c1-16-6-2-5-9-20(16)26(31)29-13-12-21-22(15-29)34-25(23(21)27(32)33)28-24(30)19-11-10-17-7-3-4-8-18(17)14-19/h2-11,14H,12-13,15H2,1H3,(H,28,30)(H,32,33). The van der Waals surface area contributed by atoms with Crippen LogP contribution in [0.4, 0.5) is 5.00 Å². The Morgan fingerprint density at radius 2 is 1.71 bits per heavy atom. The van der Waals surface area contributed by atoms with Crippen LogP contribution in [-0.4, -0.2) is 34.3 Å². The zero-order valence-electron chi connectivity index (χ0n) is 18.5. The number of fused-ring (bicyclic) bond motifs is 2. The van der Waals surface area contributed by atoms with Gasteiger partial charge < -0.3 is 15.3 Å². The van der Waals surface area contributed by atoms with Crippen molar-refractivity contribution in [3.63, 3.8) is 0 Å². The Kier molecular flexibility index (Phi) is 5.63. The molecule has 1 aromatic heterocycles. The maximum absolute atomic E-state index is 13.1. The van der Waals surface area contributed by atoms with Crippen molar-refractivity contribution >= 4 is 44.9 Å². The van der Waals surface area contributed by atoms with Gasteiger partial charge in [-0.2, -0.15) is 0 Å². The molecule has 3 aromatic carbocycles. The number of anilines is 1. The summed E-state index contributed by atoms with van der Waals surface area (Å²) < 4.78 is 0. The molecule has 2 heterocycles. The molecule has 170 valence electrons. The Labute approximate surface area is 200 Å². The molecule has 0 fully saturated rings. The smallest absolute Gasteiger partial charge is 0.339 e. The molecule has 4 aromatic rings. The van der Waals surface area contributed by atoms with E-state index in [0.717, 1.165) is 21.2 Å². The van der Waals surface area contributed by atoms with Crippen LogP contribution in [0.5, 0.6) is 0 Å². The van der Waals surface area contributed by atoms with E-state index in [1.54, 1.807) is 23.1 Å². The first-order chi connectivity index (χ1) is 16.4. The van der Waals surface area contributed by atoms with Crippen LogP contribution in [0.25, 0.3) is 10.8 Å². The van der Waals surface area contributed by atoms with Gasteiger partial charge in [0.25, 0.3) is 11.8 Å². The number of carbonyl (C=O) groups is 3. The van der Waals surface area contributed by atoms with E-state index in [1.165, 1.54) is 11.3 Å². The summed E-state index contributed by atoms with van der Waals surface area (Å²) in [6, 6.07) is 20.6. The molecular formula is C27H22N2O4S. The lowest BCUT2D eigenvalue weighted by atomic mass is 10.0. The van der Waals surface area contributed by atoms with Crippen molar-refractivity contribution in [1.29, 1.82) is 0 Å². The Morgan fingerprint density at radius 3 is 2.47 bits per heavy atom. The average molecular weight is 471 g/mol. The van der Waals surface area contributed by atoms with Crippen LogP contribution < -0.4 is 5.32 Å². The molecule has 2 amide bonds. The summed E-state index contributed by atoms with van der Waals surface area (Å²) in [5.41, 5.74) is 2.82. The molecule has 0 radical (unpaired) electrons. The van der Waals surface area contributed by atoms with Gasteiger partial charge in [0.15, 0.2) is 0 Å². The second-order valence-electron chi connectivity index (χ2n) is 8.32. The SMILES string of the molecule is Cc1ccccc1C(=O)N1CCc2c(sc(NC(=O)c3ccc4ccccc4c3)c2C(=O)O)C1. The zero-order valence-corrected chi connectivity index (χ0v) is 19.3. The number of amides is 2. The number of carboxylic acids is 1. The van der Waals surface area contributed by atoms with Crippen LogP contribution in [0.1, 0.15) is 47.1 Å². The van der Waals surface area contributed by atoms with Crippen LogP contribution in [0.2, 0.25) is 0 Å². The Morgan fingerprint density at radius 1 is 0.971 bits per heavy atom. The Bertz CT molecular complexity index is 1460. The van der Waals surface area contributed by atoms with Crippen molar-refractivity contribution in [2.75, 3.05) is 11.9 Å². The highest BCUT2D eigenvalue weighted by Crippen LogP contribution is 2.38. The van der Waals surface area contributed by atoms with Gasteiger partial charge in [-0.1, -0.05) is 48.5 Å². The van der Waals surface area contributed by atoms with E-state index in [4.69, 9.17) is 0 Å². The monoisotopic (exact) mass is 470 g/mol. The number of nitrogens with zero attached hydrogens (tertiary/aromatic N) is 1. The lowest BCUT2D eigenvalue weighted by Crippen LogP contribution is -2.36. The highest BCUT2D eigenvalue weighted by Gasteiger charge is 2.31. The summed E-state index contributed by atoms with van der Waals surface area (Å²) in [5, 5.41) is 15.0. The van der Waals surface area contributed by atoms with Crippen molar-refractivity contribution < 1.29 is 19.5 Å². The third-order valence-corrected chi connectivity index (χ3v) is 7.30. The second kappa shape index (κ2) is 8.76. The van der Waals surface area contributed by atoms with Gasteiger partial charge in [0.1, 0.15) is 5.00 Å². The number of hydrogen-bond acceptors (Lipinski definition) is 4. The van der Waals surface area contributed by atoms with E-state index in [-0.39, 0.29) is 17.4 Å². The molecule has 2 N–H and O–H groups in total. The number of nitrogens with one attached hydrogen (secondary N) is 1. The van der Waals surface area contributed by atoms with Crippen LogP contribution in [0, 0.1) is 6.92 Å². The third-order valence-electron chi connectivity index (χ3n) is 6.17. The number of thiophene rings is 1. The third kappa shape index (κ3) is 3.95. The van der Waals surface area contributed by atoms with Crippen LogP contribution >= 0.6 is 11.3 Å². The van der Waals surface area contributed by atoms with Gasteiger partial charge >= 0.3 is 5.97 Å². The normalized spacial score (nSPS) is 12.9. The van der Waals surface area contributed by atoms with Gasteiger partial charge in [0.05, 0.1) is 12.1 Å². The highest BCUT2D eigenvalue weighted by atomic mass is 32.1. The van der Waals surface area contributed by atoms with Gasteiger partial charge in [0, 0.05) is 22.5 Å². The van der Waals surface area contributed by atoms with E-state index in [0.29, 0.717) is 41.2 Å². The van der Waals surface area contributed by atoms with E-state index in [2.05, 4.69) is 5.32 Å². The lowest BCUT2D eigenvalue weighted by Gasteiger charge is -2.27. The van der Waals surface area contributed by atoms with Crippen molar-refractivity contribution in [3.05, 3.63) is 99.4 Å². The van der Waals surface area contributed by atoms with Gasteiger partial charge in [0.2, 0.25) is 0 Å². The van der Waals surface area contributed by atoms with Crippen molar-refractivity contribution in [2.24, 2.45) is 0 Å². The summed E-state index contributed by atoms with van der Waals surface area (Å²) in [6.45, 7) is 2.64. The van der Waals surface area contributed by atoms with Crippen molar-refractivity contribution in [1.82, 2.24) is 4.90 Å². The lowest BCUT2D eigenvalue weighted by molar-refractivity contribution is 0.0696. The minimum absolute atomic E-state index is 0.0734. The molecular weight excluding hydrogens is 448 g/mol. The fourth-order valence-electron chi connectivity index (χ4n) is 4.38. The molecule has 0 saturated heterocycles. The van der Waals surface area contributed by atoms with Crippen LogP contribution in [-0.2, 0) is 13.0 Å². The molecule has 5 rings (SSSR count). The predicted molar refractivity (Wildman–Crippen MR) is 133 cm³/mol. The van der Waals surface area contributed by atoms with E-state index < -0.39 is 5.97 Å². The number of benzene rings is 3. The fourth-order valence-corrected chi connectivity index (χ4v) is 5.63. The molecule has 6 nitrogen and oxygen atoms in total. The first-order valence-corrected chi connectivity index (χ1v) is 11.8. The number of aromatic carboxylic acids is 1. The number of aryl methyl sites for hydroxylation is 1. The predicted octanol–water partition coefficient (Wildman–Crippen LogP) is 5.36. The first-order valence-electron chi connectivity index (χ1n) is 11.0. The minimum Gasteiger partial charge on any atom is -0.478 e. The quantitative estimate of drug-likeness (QED) is 0.420. The maximum Gasteiger partial charge on any atom is 0.339 e. The van der Waals surface area contributed by atoms with Gasteiger partial charge in [-0.05, 0) is 53.4 Å². The summed E-state index contributed by atoms with van der Waals surface area (Å²) in [4.78, 5) is 40.7.